The third-order valence-electron chi connectivity index (χ3n) is 4.78. The number of fused-ring (bicyclic) bond motifs is 3. The van der Waals surface area contributed by atoms with Crippen LogP contribution in [-0.4, -0.2) is 30.4 Å². The molecule has 1 aliphatic rings. The first-order valence-electron chi connectivity index (χ1n) is 9.38. The maximum atomic E-state index is 12.9. The Kier molecular flexibility index (Phi) is 5.15. The third-order valence-corrected chi connectivity index (χ3v) is 4.78. The number of ether oxygens (including phenoxy) is 3. The Hall–Kier alpha value is -2.89. The summed E-state index contributed by atoms with van der Waals surface area (Å²) in [5.74, 6) is 0.900. The number of rotatable bonds is 4. The van der Waals surface area contributed by atoms with Crippen LogP contribution in [0.5, 0.6) is 11.5 Å². The number of carbonyl (C=O) groups excluding carboxylic acids is 1. The van der Waals surface area contributed by atoms with Crippen LogP contribution in [0.1, 0.15) is 39.8 Å². The zero-order valence-corrected chi connectivity index (χ0v) is 17.4. The van der Waals surface area contributed by atoms with Gasteiger partial charge in [0.15, 0.2) is 11.5 Å². The van der Waals surface area contributed by atoms with Gasteiger partial charge in [-0.15, -0.1) is 0 Å². The maximum absolute atomic E-state index is 12.9. The van der Waals surface area contributed by atoms with Crippen LogP contribution in [0, 0.1) is 0 Å². The largest absolute Gasteiger partial charge is 0.493 e. The number of aromatic nitrogens is 1. The van der Waals surface area contributed by atoms with Gasteiger partial charge in [-0.25, -0.2) is 4.79 Å². The van der Waals surface area contributed by atoms with Crippen LogP contribution in [0.15, 0.2) is 35.4 Å². The number of esters is 1. The van der Waals surface area contributed by atoms with E-state index in [1.807, 2.05) is 52.0 Å². The lowest BCUT2D eigenvalue weighted by Crippen LogP contribution is -2.26. The Morgan fingerprint density at radius 2 is 1.79 bits per heavy atom. The van der Waals surface area contributed by atoms with Gasteiger partial charge in [0.05, 0.1) is 36.7 Å². The van der Waals surface area contributed by atoms with Crippen LogP contribution in [-0.2, 0) is 16.1 Å². The lowest BCUT2D eigenvalue weighted by atomic mass is 10.00. The van der Waals surface area contributed by atoms with Gasteiger partial charge in [-0.2, -0.15) is 0 Å². The summed E-state index contributed by atoms with van der Waals surface area (Å²) in [6.07, 6.45) is 2.73. The first-order chi connectivity index (χ1) is 13.2. The minimum absolute atomic E-state index is 0.396. The van der Waals surface area contributed by atoms with Crippen molar-refractivity contribution in [2.24, 2.45) is 5.73 Å². The van der Waals surface area contributed by atoms with Crippen molar-refractivity contribution in [1.29, 1.82) is 0 Å². The van der Waals surface area contributed by atoms with Crippen LogP contribution in [0.25, 0.3) is 16.6 Å². The zero-order chi connectivity index (χ0) is 20.6. The quantitative estimate of drug-likeness (QED) is 0.806. The smallest absolute Gasteiger partial charge is 0.341 e. The SMILES string of the molecule is CCC1=CCn2c(cc3cc(OC)c(OC)cc32)C(N)=C1C(=O)OC(C)(C)C. The summed E-state index contributed by atoms with van der Waals surface area (Å²) < 4.78 is 18.6. The second kappa shape index (κ2) is 7.26. The highest BCUT2D eigenvalue weighted by Gasteiger charge is 2.28. The standard InChI is InChI=1S/C22H28N2O4/c1-7-13-8-9-24-15-12-18(27-6)17(26-5)11-14(15)10-16(24)20(23)19(13)21(25)28-22(2,3)4/h8,10-12H,7,9,23H2,1-6H3. The van der Waals surface area contributed by atoms with E-state index in [0.717, 1.165) is 22.2 Å². The monoisotopic (exact) mass is 384 g/mol. The van der Waals surface area contributed by atoms with E-state index in [0.29, 0.717) is 35.7 Å². The van der Waals surface area contributed by atoms with Crippen LogP contribution in [0.2, 0.25) is 0 Å². The molecule has 0 atom stereocenters. The van der Waals surface area contributed by atoms with Crippen molar-refractivity contribution >= 4 is 22.6 Å². The molecule has 1 aromatic heterocycles. The van der Waals surface area contributed by atoms with Gasteiger partial charge in [0.1, 0.15) is 5.60 Å². The highest BCUT2D eigenvalue weighted by atomic mass is 16.6. The first kappa shape index (κ1) is 19.9. The van der Waals surface area contributed by atoms with Crippen molar-refractivity contribution in [3.63, 3.8) is 0 Å². The Balaban J connectivity index is 2.23. The van der Waals surface area contributed by atoms with Crippen LogP contribution < -0.4 is 15.2 Å². The molecule has 1 aromatic carbocycles. The van der Waals surface area contributed by atoms with Gasteiger partial charge >= 0.3 is 5.97 Å². The van der Waals surface area contributed by atoms with E-state index in [-0.39, 0.29) is 0 Å². The van der Waals surface area contributed by atoms with E-state index in [9.17, 15) is 4.79 Å². The third kappa shape index (κ3) is 3.46. The Morgan fingerprint density at radius 3 is 2.36 bits per heavy atom. The summed E-state index contributed by atoms with van der Waals surface area (Å²) in [6, 6.07) is 5.83. The summed E-state index contributed by atoms with van der Waals surface area (Å²) in [5, 5.41) is 0.965. The number of methoxy groups -OCH3 is 2. The highest BCUT2D eigenvalue weighted by molar-refractivity contribution is 6.03. The number of nitrogens with zero attached hydrogens (tertiary/aromatic N) is 1. The van der Waals surface area contributed by atoms with Crippen molar-refractivity contribution in [1.82, 2.24) is 4.57 Å². The summed E-state index contributed by atoms with van der Waals surface area (Å²) in [5.41, 5.74) is 9.45. The average molecular weight is 384 g/mol. The van der Waals surface area contributed by atoms with Gasteiger partial charge in [-0.1, -0.05) is 13.0 Å². The average Bonchev–Trinajstić information content (AvgIpc) is 2.92. The van der Waals surface area contributed by atoms with Crippen LogP contribution in [0.3, 0.4) is 0 Å². The van der Waals surface area contributed by atoms with E-state index < -0.39 is 11.6 Å². The molecule has 0 amide bonds. The van der Waals surface area contributed by atoms with Gasteiger partial charge in [0.25, 0.3) is 0 Å². The molecule has 6 heteroatoms. The lowest BCUT2D eigenvalue weighted by Gasteiger charge is -2.22. The number of benzene rings is 1. The summed E-state index contributed by atoms with van der Waals surface area (Å²) >= 11 is 0. The number of hydrogen-bond donors (Lipinski definition) is 1. The molecule has 2 heterocycles. The van der Waals surface area contributed by atoms with Crippen molar-refractivity contribution in [2.45, 2.75) is 46.3 Å². The molecule has 6 nitrogen and oxygen atoms in total. The van der Waals surface area contributed by atoms with Crippen molar-refractivity contribution in [3.8, 4) is 11.5 Å². The van der Waals surface area contributed by atoms with Gasteiger partial charge in [0.2, 0.25) is 0 Å². The van der Waals surface area contributed by atoms with Gasteiger partial charge in [-0.05, 0) is 44.9 Å². The minimum atomic E-state index is -0.594. The summed E-state index contributed by atoms with van der Waals surface area (Å²) in [4.78, 5) is 12.9. The fourth-order valence-electron chi connectivity index (χ4n) is 3.50. The molecule has 2 N–H and O–H groups in total. The number of hydrogen-bond acceptors (Lipinski definition) is 5. The van der Waals surface area contributed by atoms with E-state index in [1.165, 1.54) is 0 Å². The van der Waals surface area contributed by atoms with E-state index in [1.54, 1.807) is 14.2 Å². The van der Waals surface area contributed by atoms with E-state index in [4.69, 9.17) is 19.9 Å². The molecular formula is C22H28N2O4. The topological polar surface area (TPSA) is 75.7 Å². The second-order valence-electron chi connectivity index (χ2n) is 7.78. The molecule has 28 heavy (non-hydrogen) atoms. The number of allylic oxidation sites excluding steroid dienone is 1. The molecule has 0 bridgehead atoms. The molecule has 0 fully saturated rings. The van der Waals surface area contributed by atoms with Gasteiger partial charge < -0.3 is 24.5 Å². The van der Waals surface area contributed by atoms with Crippen LogP contribution >= 0.6 is 0 Å². The Labute approximate surface area is 165 Å². The summed E-state index contributed by atoms with van der Waals surface area (Å²) in [7, 11) is 3.22. The molecule has 0 saturated heterocycles. The van der Waals surface area contributed by atoms with Crippen molar-refractivity contribution < 1.29 is 19.0 Å². The summed E-state index contributed by atoms with van der Waals surface area (Å²) in [6.45, 7) is 8.16. The normalized spacial score (nSPS) is 14.4. The van der Waals surface area contributed by atoms with Crippen molar-refractivity contribution in [3.05, 3.63) is 41.1 Å². The molecule has 0 spiro atoms. The van der Waals surface area contributed by atoms with Gasteiger partial charge in [-0.3, -0.25) is 0 Å². The second-order valence-corrected chi connectivity index (χ2v) is 7.78. The molecule has 1 aliphatic heterocycles. The van der Waals surface area contributed by atoms with Crippen LogP contribution in [0.4, 0.5) is 0 Å². The number of carbonyl (C=O) groups is 1. The molecule has 150 valence electrons. The molecule has 0 aliphatic carbocycles. The fourth-order valence-corrected chi connectivity index (χ4v) is 3.50. The van der Waals surface area contributed by atoms with E-state index >= 15 is 0 Å². The first-order valence-corrected chi connectivity index (χ1v) is 9.38. The minimum Gasteiger partial charge on any atom is -0.493 e. The highest BCUT2D eigenvalue weighted by Crippen LogP contribution is 2.37. The zero-order valence-electron chi connectivity index (χ0n) is 17.4. The molecular weight excluding hydrogens is 356 g/mol. The molecule has 3 rings (SSSR count). The van der Waals surface area contributed by atoms with Gasteiger partial charge in [0, 0.05) is 18.0 Å². The Morgan fingerprint density at radius 1 is 1.14 bits per heavy atom. The molecule has 0 saturated carbocycles. The van der Waals surface area contributed by atoms with Crippen molar-refractivity contribution in [2.75, 3.05) is 14.2 Å². The predicted molar refractivity (Wildman–Crippen MR) is 110 cm³/mol. The molecule has 0 unspecified atom stereocenters. The fraction of sp³-hybridized carbons (Fsp3) is 0.409. The maximum Gasteiger partial charge on any atom is 0.341 e. The van der Waals surface area contributed by atoms with E-state index in [2.05, 4.69) is 4.57 Å². The lowest BCUT2D eigenvalue weighted by molar-refractivity contribution is -0.149. The number of nitrogens with two attached hydrogens (primary N) is 1. The predicted octanol–water partition coefficient (Wildman–Crippen LogP) is 4.02. The Bertz CT molecular complexity index is 990. The molecule has 2 aromatic rings. The molecule has 0 radical (unpaired) electrons.